The van der Waals surface area contributed by atoms with Gasteiger partial charge in [-0.2, -0.15) is 0 Å². The molecular formula is C18H17NO3S. The molecule has 0 saturated carbocycles. The van der Waals surface area contributed by atoms with Gasteiger partial charge >= 0.3 is 5.97 Å². The molecule has 0 aliphatic carbocycles. The summed E-state index contributed by atoms with van der Waals surface area (Å²) < 4.78 is 5.86. The molecule has 4 nitrogen and oxygen atoms in total. The minimum absolute atomic E-state index is 0.0186. The van der Waals surface area contributed by atoms with Crippen molar-refractivity contribution in [3.8, 4) is 17.0 Å². The summed E-state index contributed by atoms with van der Waals surface area (Å²) in [6, 6.07) is 11.5. The van der Waals surface area contributed by atoms with E-state index in [9.17, 15) is 9.90 Å². The van der Waals surface area contributed by atoms with E-state index in [0.29, 0.717) is 17.0 Å². The highest BCUT2D eigenvalue weighted by Gasteiger charge is 2.21. The second kappa shape index (κ2) is 6.79. The first kappa shape index (κ1) is 15.5. The molecule has 3 rings (SSSR count). The smallest absolute Gasteiger partial charge is 0.360 e. The molecule has 2 heterocycles. The summed E-state index contributed by atoms with van der Waals surface area (Å²) in [5, 5.41) is 13.1. The van der Waals surface area contributed by atoms with Crippen LogP contribution in [0.5, 0.6) is 5.75 Å². The number of aromatic hydroxyl groups is 1. The van der Waals surface area contributed by atoms with Crippen LogP contribution in [0.4, 0.5) is 0 Å². The lowest BCUT2D eigenvalue weighted by Crippen LogP contribution is -2.09. The minimum atomic E-state index is -0.580. The van der Waals surface area contributed by atoms with Crippen LogP contribution in [-0.4, -0.2) is 22.7 Å². The number of unbranched alkanes of at least 4 members (excludes halogenated alkanes) is 1. The monoisotopic (exact) mass is 327 g/mol. The normalized spacial score (nSPS) is 10.8. The van der Waals surface area contributed by atoms with Crippen molar-refractivity contribution in [1.29, 1.82) is 0 Å². The predicted molar refractivity (Wildman–Crippen MR) is 91.9 cm³/mol. The minimum Gasteiger partial charge on any atom is -0.504 e. The van der Waals surface area contributed by atoms with E-state index < -0.39 is 5.97 Å². The number of pyridine rings is 1. The molecule has 23 heavy (non-hydrogen) atoms. The Hall–Kier alpha value is -2.40. The molecule has 2 aromatic heterocycles. The highest BCUT2D eigenvalue weighted by atomic mass is 32.1. The number of carbonyl (C=O) groups is 1. The van der Waals surface area contributed by atoms with Gasteiger partial charge in [-0.05, 0) is 17.9 Å². The van der Waals surface area contributed by atoms with Crippen molar-refractivity contribution in [2.24, 2.45) is 0 Å². The van der Waals surface area contributed by atoms with Gasteiger partial charge in [0.25, 0.3) is 0 Å². The first-order chi connectivity index (χ1) is 11.2. The maximum absolute atomic E-state index is 12.2. The van der Waals surface area contributed by atoms with Crippen molar-refractivity contribution in [2.45, 2.75) is 19.8 Å². The molecule has 0 bridgehead atoms. The number of fused-ring (bicyclic) bond motifs is 1. The Bertz CT molecular complexity index is 827. The number of aromatic nitrogens is 1. The molecule has 118 valence electrons. The fourth-order valence-corrected chi connectivity index (χ4v) is 3.19. The van der Waals surface area contributed by atoms with Gasteiger partial charge in [-0.25, -0.2) is 9.78 Å². The standard InChI is InChI=1S/C18H17NO3S/c1-2-3-10-22-18(21)15-16(20)17-13(9-11-23-17)14(19-15)12-7-5-4-6-8-12/h4-9,11,20H,2-3,10H2,1H3. The summed E-state index contributed by atoms with van der Waals surface area (Å²) in [6.07, 6.45) is 1.73. The highest BCUT2D eigenvalue weighted by molar-refractivity contribution is 7.17. The number of rotatable bonds is 5. The number of ether oxygens (including phenoxy) is 1. The Morgan fingerprint density at radius 3 is 2.78 bits per heavy atom. The van der Waals surface area contributed by atoms with E-state index in [-0.39, 0.29) is 11.4 Å². The zero-order valence-corrected chi connectivity index (χ0v) is 13.6. The maximum atomic E-state index is 12.2. The van der Waals surface area contributed by atoms with Gasteiger partial charge in [-0.15, -0.1) is 11.3 Å². The lowest BCUT2D eigenvalue weighted by Gasteiger charge is -2.09. The molecule has 0 aliphatic rings. The van der Waals surface area contributed by atoms with Crippen LogP contribution in [-0.2, 0) is 4.74 Å². The Morgan fingerprint density at radius 1 is 1.26 bits per heavy atom. The number of carbonyl (C=O) groups excluding carboxylic acids is 1. The molecule has 0 saturated heterocycles. The molecule has 0 radical (unpaired) electrons. The summed E-state index contributed by atoms with van der Waals surface area (Å²) in [5.41, 5.74) is 1.57. The second-order valence-corrected chi connectivity index (χ2v) is 6.09. The van der Waals surface area contributed by atoms with Gasteiger partial charge in [-0.3, -0.25) is 0 Å². The lowest BCUT2D eigenvalue weighted by molar-refractivity contribution is 0.0490. The molecule has 0 aliphatic heterocycles. The van der Waals surface area contributed by atoms with Crippen molar-refractivity contribution in [3.63, 3.8) is 0 Å². The summed E-state index contributed by atoms with van der Waals surface area (Å²) in [7, 11) is 0. The van der Waals surface area contributed by atoms with Crippen LogP contribution in [0.1, 0.15) is 30.3 Å². The molecule has 3 aromatic rings. The van der Waals surface area contributed by atoms with Gasteiger partial charge in [0.2, 0.25) is 0 Å². The third kappa shape index (κ3) is 3.05. The first-order valence-corrected chi connectivity index (χ1v) is 8.43. The average Bonchev–Trinajstić information content (AvgIpc) is 3.06. The van der Waals surface area contributed by atoms with Crippen LogP contribution in [0.25, 0.3) is 21.3 Å². The maximum Gasteiger partial charge on any atom is 0.360 e. The number of nitrogens with zero attached hydrogens (tertiary/aromatic N) is 1. The molecule has 5 heteroatoms. The number of benzene rings is 1. The van der Waals surface area contributed by atoms with Crippen LogP contribution >= 0.6 is 11.3 Å². The first-order valence-electron chi connectivity index (χ1n) is 7.55. The fourth-order valence-electron chi connectivity index (χ4n) is 2.35. The molecule has 1 N–H and O–H groups in total. The summed E-state index contributed by atoms with van der Waals surface area (Å²) >= 11 is 1.38. The van der Waals surface area contributed by atoms with Crippen molar-refractivity contribution in [1.82, 2.24) is 4.98 Å². The van der Waals surface area contributed by atoms with E-state index in [2.05, 4.69) is 4.98 Å². The molecule has 0 atom stereocenters. The van der Waals surface area contributed by atoms with Crippen molar-refractivity contribution in [2.75, 3.05) is 6.61 Å². The molecule has 1 aromatic carbocycles. The number of hydrogen-bond acceptors (Lipinski definition) is 5. The van der Waals surface area contributed by atoms with E-state index >= 15 is 0 Å². The Kier molecular flexibility index (Phi) is 4.57. The van der Waals surface area contributed by atoms with Crippen LogP contribution in [0.2, 0.25) is 0 Å². The van der Waals surface area contributed by atoms with E-state index in [1.165, 1.54) is 11.3 Å². The number of hydrogen-bond donors (Lipinski definition) is 1. The number of thiophene rings is 1. The van der Waals surface area contributed by atoms with Crippen LogP contribution in [0.3, 0.4) is 0 Å². The lowest BCUT2D eigenvalue weighted by atomic mass is 10.1. The SMILES string of the molecule is CCCCOC(=O)c1nc(-c2ccccc2)c2ccsc2c1O. The van der Waals surface area contributed by atoms with Crippen molar-refractivity contribution in [3.05, 3.63) is 47.5 Å². The van der Waals surface area contributed by atoms with Crippen molar-refractivity contribution < 1.29 is 14.6 Å². The predicted octanol–water partition coefficient (Wildman–Crippen LogP) is 4.63. The van der Waals surface area contributed by atoms with Crippen LogP contribution in [0.15, 0.2) is 41.8 Å². The van der Waals surface area contributed by atoms with Gasteiger partial charge < -0.3 is 9.84 Å². The number of esters is 1. The zero-order chi connectivity index (χ0) is 16.2. The molecular weight excluding hydrogens is 310 g/mol. The Morgan fingerprint density at radius 2 is 2.04 bits per heavy atom. The summed E-state index contributed by atoms with van der Waals surface area (Å²) in [4.78, 5) is 16.7. The topological polar surface area (TPSA) is 59.4 Å². The van der Waals surface area contributed by atoms with Crippen LogP contribution < -0.4 is 0 Å². The molecule has 0 unspecified atom stereocenters. The average molecular weight is 327 g/mol. The molecule has 0 spiro atoms. The molecule has 0 fully saturated rings. The third-order valence-electron chi connectivity index (χ3n) is 3.55. The quantitative estimate of drug-likeness (QED) is 0.548. The van der Waals surface area contributed by atoms with Gasteiger partial charge in [0.1, 0.15) is 0 Å². The summed E-state index contributed by atoms with van der Waals surface area (Å²) in [5.74, 6) is -0.681. The van der Waals surface area contributed by atoms with Gasteiger partial charge in [-0.1, -0.05) is 43.7 Å². The Balaban J connectivity index is 2.09. The highest BCUT2D eigenvalue weighted by Crippen LogP contribution is 2.38. The van der Waals surface area contributed by atoms with E-state index in [1.807, 2.05) is 48.7 Å². The fraction of sp³-hybridized carbons (Fsp3) is 0.222. The van der Waals surface area contributed by atoms with E-state index in [4.69, 9.17) is 4.74 Å². The van der Waals surface area contributed by atoms with Crippen LogP contribution in [0, 0.1) is 0 Å². The van der Waals surface area contributed by atoms with Gasteiger partial charge in [0.15, 0.2) is 11.4 Å². The Labute approximate surface area is 138 Å². The summed E-state index contributed by atoms with van der Waals surface area (Å²) in [6.45, 7) is 2.36. The molecule has 0 amide bonds. The zero-order valence-electron chi connectivity index (χ0n) is 12.8. The van der Waals surface area contributed by atoms with Gasteiger partial charge in [0, 0.05) is 10.9 Å². The van der Waals surface area contributed by atoms with Gasteiger partial charge in [0.05, 0.1) is 17.0 Å². The van der Waals surface area contributed by atoms with E-state index in [1.54, 1.807) is 0 Å². The largest absolute Gasteiger partial charge is 0.504 e. The second-order valence-electron chi connectivity index (χ2n) is 5.18. The van der Waals surface area contributed by atoms with Crippen molar-refractivity contribution >= 4 is 27.4 Å². The third-order valence-corrected chi connectivity index (χ3v) is 4.48. The van der Waals surface area contributed by atoms with E-state index in [0.717, 1.165) is 23.8 Å².